The van der Waals surface area contributed by atoms with Crippen molar-refractivity contribution in [2.45, 2.75) is 38.3 Å². The lowest BCUT2D eigenvalue weighted by atomic mass is 9.85. The number of nitro groups is 1. The molecule has 1 aromatic carbocycles. The largest absolute Gasteiger partial charge is 0.481 e. The summed E-state index contributed by atoms with van der Waals surface area (Å²) in [6, 6.07) is 8.50. The van der Waals surface area contributed by atoms with Crippen LogP contribution in [0.2, 0.25) is 0 Å². The summed E-state index contributed by atoms with van der Waals surface area (Å²) in [6.07, 6.45) is 4.65. The molecular formula is C26H27N5O10. The normalized spacial score (nSPS) is 17.2. The van der Waals surface area contributed by atoms with Crippen LogP contribution < -0.4 is 24.8 Å². The van der Waals surface area contributed by atoms with E-state index in [1.165, 1.54) is 6.07 Å². The van der Waals surface area contributed by atoms with E-state index in [0.717, 1.165) is 12.8 Å². The van der Waals surface area contributed by atoms with E-state index in [-0.39, 0.29) is 30.3 Å². The molecule has 216 valence electrons. The highest BCUT2D eigenvalue weighted by Gasteiger charge is 2.28. The Labute approximate surface area is 232 Å². The number of aromatic nitrogens is 2. The molecule has 0 saturated heterocycles. The van der Waals surface area contributed by atoms with Crippen molar-refractivity contribution in [3.63, 3.8) is 0 Å². The maximum atomic E-state index is 13.0. The number of amides is 1. The molecule has 41 heavy (non-hydrogen) atoms. The third kappa shape index (κ3) is 7.13. The molecule has 5 rings (SSSR count). The molecule has 4 N–H and O–H groups in total. The highest BCUT2D eigenvalue weighted by atomic mass is 16.7. The van der Waals surface area contributed by atoms with Crippen molar-refractivity contribution in [1.29, 1.82) is 0 Å². The summed E-state index contributed by atoms with van der Waals surface area (Å²) < 4.78 is 15.8. The number of benzene rings is 1. The van der Waals surface area contributed by atoms with Gasteiger partial charge in [-0.3, -0.25) is 19.9 Å². The number of nitrogens with one attached hydrogen (secondary N) is 2. The average molecular weight is 570 g/mol. The van der Waals surface area contributed by atoms with Crippen molar-refractivity contribution < 1.29 is 43.7 Å². The molecule has 3 aromatic rings. The van der Waals surface area contributed by atoms with Crippen molar-refractivity contribution in [1.82, 2.24) is 15.3 Å². The first-order valence-electron chi connectivity index (χ1n) is 12.5. The van der Waals surface area contributed by atoms with Gasteiger partial charge in [0.25, 0.3) is 5.69 Å². The molecule has 0 atom stereocenters. The molecule has 2 aromatic heterocycles. The van der Waals surface area contributed by atoms with Gasteiger partial charge < -0.3 is 35.1 Å². The summed E-state index contributed by atoms with van der Waals surface area (Å²) in [5, 5.41) is 32.7. The second-order valence-corrected chi connectivity index (χ2v) is 9.20. The fourth-order valence-electron chi connectivity index (χ4n) is 4.56. The lowest BCUT2D eigenvalue weighted by molar-refractivity contribution is -0.385. The number of aliphatic carboxylic acids is 2. The quantitative estimate of drug-likeness (QED) is 0.183. The number of nitrogens with zero attached hydrogens (tertiary/aromatic N) is 3. The Morgan fingerprint density at radius 1 is 1.07 bits per heavy atom. The standard InChI is InChI=1S/C24H25N5O6.C2H2O4/c1-33-22-7-6-17-23(28-22)18(8-9-25-17)27-24(30)14-2-4-16(5-3-14)26-12-15-10-20-21(35-13-34-20)11-19(15)29(31)32;3-1(4)2(5)6/h6-11,14,16,26H,2-5,12-13H2,1H3,(H,25,27,30);(H,3,4)(H,5,6). The van der Waals surface area contributed by atoms with Crippen LogP contribution in [0.5, 0.6) is 17.4 Å². The van der Waals surface area contributed by atoms with Crippen molar-refractivity contribution >= 4 is 40.3 Å². The van der Waals surface area contributed by atoms with Gasteiger partial charge in [0.05, 0.1) is 29.3 Å². The Hall–Kier alpha value is -5.05. The number of ether oxygens (including phenoxy) is 3. The summed E-state index contributed by atoms with van der Waals surface area (Å²) in [6.45, 7) is 0.402. The van der Waals surface area contributed by atoms with Crippen LogP contribution in [-0.2, 0) is 20.9 Å². The van der Waals surface area contributed by atoms with E-state index in [1.54, 1.807) is 37.6 Å². The highest BCUT2D eigenvalue weighted by molar-refractivity contribution is 6.27. The van der Waals surface area contributed by atoms with Crippen LogP contribution in [0.3, 0.4) is 0 Å². The summed E-state index contributed by atoms with van der Waals surface area (Å²) >= 11 is 0. The van der Waals surface area contributed by atoms with Crippen LogP contribution in [-0.4, -0.2) is 62.9 Å². The Morgan fingerprint density at radius 2 is 1.76 bits per heavy atom. The molecule has 1 fully saturated rings. The number of hydrogen-bond acceptors (Lipinski definition) is 11. The number of rotatable bonds is 7. The molecule has 1 amide bonds. The zero-order chi connectivity index (χ0) is 29.5. The van der Waals surface area contributed by atoms with Crippen molar-refractivity contribution in [2.24, 2.45) is 5.92 Å². The molecule has 1 aliphatic carbocycles. The van der Waals surface area contributed by atoms with Gasteiger partial charge in [0, 0.05) is 36.3 Å². The molecule has 3 heterocycles. The minimum absolute atomic E-state index is 0.00429. The zero-order valence-electron chi connectivity index (χ0n) is 21.9. The predicted octanol–water partition coefficient (Wildman–Crippen LogP) is 2.72. The average Bonchev–Trinajstić information content (AvgIpc) is 3.43. The van der Waals surface area contributed by atoms with Crippen molar-refractivity contribution in [2.75, 3.05) is 19.2 Å². The van der Waals surface area contributed by atoms with Gasteiger partial charge in [0.1, 0.15) is 5.52 Å². The lowest BCUT2D eigenvalue weighted by Gasteiger charge is -2.28. The third-order valence-electron chi connectivity index (χ3n) is 6.66. The van der Waals surface area contributed by atoms with Gasteiger partial charge in [-0.05, 0) is 43.9 Å². The number of fused-ring (bicyclic) bond motifs is 2. The second kappa shape index (κ2) is 12.9. The SMILES string of the molecule is COc1ccc2nccc(NC(=O)C3CCC(NCc4cc5c(cc4[N+](=O)[O-])OCO5)CC3)c2n1.O=C(O)C(=O)O. The Morgan fingerprint density at radius 3 is 2.39 bits per heavy atom. The molecule has 0 radical (unpaired) electrons. The number of pyridine rings is 2. The first-order chi connectivity index (χ1) is 19.7. The number of carbonyl (C=O) groups is 3. The van der Waals surface area contributed by atoms with Crippen molar-refractivity contribution in [3.05, 3.63) is 52.2 Å². The third-order valence-corrected chi connectivity index (χ3v) is 6.66. The second-order valence-electron chi connectivity index (χ2n) is 9.20. The molecule has 15 heteroatoms. The van der Waals surface area contributed by atoms with Gasteiger partial charge in [0.15, 0.2) is 11.5 Å². The fraction of sp³-hybridized carbons (Fsp3) is 0.346. The van der Waals surface area contributed by atoms with E-state index in [1.807, 2.05) is 0 Å². The lowest BCUT2D eigenvalue weighted by Crippen LogP contribution is -2.36. The van der Waals surface area contributed by atoms with Gasteiger partial charge in [0.2, 0.25) is 18.6 Å². The first-order valence-corrected chi connectivity index (χ1v) is 12.5. The van der Waals surface area contributed by atoms with E-state index < -0.39 is 16.9 Å². The van der Waals surface area contributed by atoms with E-state index in [2.05, 4.69) is 20.6 Å². The van der Waals surface area contributed by atoms with Gasteiger partial charge in [-0.1, -0.05) is 0 Å². The number of anilines is 1. The minimum Gasteiger partial charge on any atom is -0.481 e. The summed E-state index contributed by atoms with van der Waals surface area (Å²) in [5.74, 6) is -2.46. The molecule has 0 spiro atoms. The highest BCUT2D eigenvalue weighted by Crippen LogP contribution is 2.38. The minimum atomic E-state index is -1.82. The molecule has 15 nitrogen and oxygen atoms in total. The number of nitro benzene ring substituents is 1. The monoisotopic (exact) mass is 569 g/mol. The van der Waals surface area contributed by atoms with E-state index in [4.69, 9.17) is 34.0 Å². The van der Waals surface area contributed by atoms with Gasteiger partial charge in [-0.15, -0.1) is 0 Å². The number of hydrogen-bond donors (Lipinski definition) is 4. The first kappa shape index (κ1) is 28.9. The fourth-order valence-corrected chi connectivity index (χ4v) is 4.56. The number of carboxylic acids is 2. The van der Waals surface area contributed by atoms with Gasteiger partial charge in [-0.2, -0.15) is 0 Å². The van der Waals surface area contributed by atoms with Gasteiger partial charge in [-0.25, -0.2) is 14.6 Å². The molecule has 0 bridgehead atoms. The van der Waals surface area contributed by atoms with Crippen LogP contribution in [0.25, 0.3) is 11.0 Å². The number of carbonyl (C=O) groups excluding carboxylic acids is 1. The Bertz CT molecular complexity index is 1460. The summed E-state index contributed by atoms with van der Waals surface area (Å²) in [4.78, 5) is 51.0. The predicted molar refractivity (Wildman–Crippen MR) is 142 cm³/mol. The smallest absolute Gasteiger partial charge is 0.414 e. The molecular weight excluding hydrogens is 542 g/mol. The van der Waals surface area contributed by atoms with Gasteiger partial charge >= 0.3 is 11.9 Å². The topological polar surface area (TPSA) is 212 Å². The maximum absolute atomic E-state index is 13.0. The van der Waals surface area contributed by atoms with Crippen molar-refractivity contribution in [3.8, 4) is 17.4 Å². The molecule has 2 aliphatic rings. The molecule has 0 unspecified atom stereocenters. The van der Waals surface area contributed by atoms with E-state index in [9.17, 15) is 14.9 Å². The van der Waals surface area contributed by atoms with E-state index in [0.29, 0.717) is 59.0 Å². The molecule has 1 saturated carbocycles. The Kier molecular flexibility index (Phi) is 9.08. The number of methoxy groups -OCH3 is 1. The van der Waals surface area contributed by atoms with Crippen LogP contribution >= 0.6 is 0 Å². The summed E-state index contributed by atoms with van der Waals surface area (Å²) in [5.41, 5.74) is 2.42. The van der Waals surface area contributed by atoms with Crippen LogP contribution in [0.15, 0.2) is 36.5 Å². The molecule has 1 aliphatic heterocycles. The van der Waals surface area contributed by atoms with Crippen LogP contribution in [0.1, 0.15) is 31.2 Å². The van der Waals surface area contributed by atoms with Crippen LogP contribution in [0.4, 0.5) is 11.4 Å². The summed E-state index contributed by atoms with van der Waals surface area (Å²) in [7, 11) is 1.54. The number of carboxylic acid groups (broad SMARTS) is 2. The maximum Gasteiger partial charge on any atom is 0.414 e. The Balaban J connectivity index is 0.000000585. The zero-order valence-corrected chi connectivity index (χ0v) is 21.9. The van der Waals surface area contributed by atoms with Crippen LogP contribution in [0, 0.1) is 16.0 Å². The van der Waals surface area contributed by atoms with E-state index >= 15 is 0 Å².